The van der Waals surface area contributed by atoms with Gasteiger partial charge in [-0.25, -0.2) is 0 Å². The SMILES string of the molecule is CCC1OC(C2CCCOC2)Cc2c1ccc(O)c2O. The van der Waals surface area contributed by atoms with Crippen LogP contribution in [-0.2, 0) is 15.9 Å². The van der Waals surface area contributed by atoms with Crippen LogP contribution in [0.15, 0.2) is 12.1 Å². The second-order valence-corrected chi connectivity index (χ2v) is 5.75. The monoisotopic (exact) mass is 278 g/mol. The molecule has 4 heteroatoms. The first-order valence-corrected chi connectivity index (χ1v) is 7.47. The molecule has 1 aromatic rings. The number of phenols is 2. The Morgan fingerprint density at radius 2 is 2.15 bits per heavy atom. The molecule has 1 fully saturated rings. The summed E-state index contributed by atoms with van der Waals surface area (Å²) in [5.74, 6) is 0.359. The van der Waals surface area contributed by atoms with Crippen LogP contribution in [0.3, 0.4) is 0 Å². The van der Waals surface area contributed by atoms with Gasteiger partial charge >= 0.3 is 0 Å². The summed E-state index contributed by atoms with van der Waals surface area (Å²) in [6, 6.07) is 3.41. The van der Waals surface area contributed by atoms with Gasteiger partial charge in [0.05, 0.1) is 18.8 Å². The zero-order valence-electron chi connectivity index (χ0n) is 11.8. The van der Waals surface area contributed by atoms with Gasteiger partial charge in [-0.05, 0) is 30.9 Å². The number of phenolic OH excluding ortho intramolecular Hbond substituents is 2. The fourth-order valence-electron chi connectivity index (χ4n) is 3.34. The Hall–Kier alpha value is -1.26. The van der Waals surface area contributed by atoms with Crippen LogP contribution in [0.1, 0.15) is 43.4 Å². The van der Waals surface area contributed by atoms with E-state index in [0.717, 1.165) is 43.6 Å². The molecular weight excluding hydrogens is 256 g/mol. The summed E-state index contributed by atoms with van der Waals surface area (Å²) in [4.78, 5) is 0. The molecule has 3 atom stereocenters. The van der Waals surface area contributed by atoms with E-state index in [-0.39, 0.29) is 23.7 Å². The van der Waals surface area contributed by atoms with Gasteiger partial charge < -0.3 is 19.7 Å². The van der Waals surface area contributed by atoms with E-state index in [4.69, 9.17) is 9.47 Å². The van der Waals surface area contributed by atoms with E-state index >= 15 is 0 Å². The Balaban J connectivity index is 1.90. The maximum absolute atomic E-state index is 10.1. The molecule has 1 saturated heterocycles. The lowest BCUT2D eigenvalue weighted by Crippen LogP contribution is -2.37. The molecule has 1 aromatic carbocycles. The van der Waals surface area contributed by atoms with E-state index in [9.17, 15) is 10.2 Å². The Morgan fingerprint density at radius 3 is 2.85 bits per heavy atom. The van der Waals surface area contributed by atoms with E-state index < -0.39 is 0 Å². The molecule has 2 aliphatic heterocycles. The van der Waals surface area contributed by atoms with Gasteiger partial charge in [-0.1, -0.05) is 13.0 Å². The summed E-state index contributed by atoms with van der Waals surface area (Å²) in [6.45, 7) is 3.65. The molecule has 3 rings (SSSR count). The predicted octanol–water partition coefficient (Wildman–Crippen LogP) is 2.92. The Morgan fingerprint density at radius 1 is 1.30 bits per heavy atom. The molecule has 0 saturated carbocycles. The van der Waals surface area contributed by atoms with Crippen molar-refractivity contribution in [1.82, 2.24) is 0 Å². The van der Waals surface area contributed by atoms with Crippen molar-refractivity contribution >= 4 is 0 Å². The van der Waals surface area contributed by atoms with Crippen LogP contribution in [0, 0.1) is 5.92 Å². The molecule has 110 valence electrons. The topological polar surface area (TPSA) is 58.9 Å². The number of hydrogen-bond donors (Lipinski definition) is 2. The number of aromatic hydroxyl groups is 2. The zero-order chi connectivity index (χ0) is 14.1. The summed E-state index contributed by atoms with van der Waals surface area (Å²) in [5.41, 5.74) is 1.86. The lowest BCUT2D eigenvalue weighted by atomic mass is 9.85. The van der Waals surface area contributed by atoms with E-state index in [1.807, 2.05) is 6.07 Å². The van der Waals surface area contributed by atoms with Gasteiger partial charge in [0.25, 0.3) is 0 Å². The fourth-order valence-corrected chi connectivity index (χ4v) is 3.34. The molecular formula is C16H22O4. The predicted molar refractivity (Wildman–Crippen MR) is 74.9 cm³/mol. The van der Waals surface area contributed by atoms with Gasteiger partial charge in [-0.2, -0.15) is 0 Å². The first-order valence-electron chi connectivity index (χ1n) is 7.47. The van der Waals surface area contributed by atoms with Gasteiger partial charge in [0.1, 0.15) is 0 Å². The van der Waals surface area contributed by atoms with Crippen molar-refractivity contribution in [3.8, 4) is 11.5 Å². The fraction of sp³-hybridized carbons (Fsp3) is 0.625. The van der Waals surface area contributed by atoms with Crippen molar-refractivity contribution in [2.24, 2.45) is 5.92 Å². The minimum Gasteiger partial charge on any atom is -0.504 e. The molecule has 0 amide bonds. The highest BCUT2D eigenvalue weighted by Crippen LogP contribution is 2.43. The quantitative estimate of drug-likeness (QED) is 0.817. The average molecular weight is 278 g/mol. The Bertz CT molecular complexity index is 480. The minimum absolute atomic E-state index is 0.00261. The van der Waals surface area contributed by atoms with Crippen molar-refractivity contribution in [2.75, 3.05) is 13.2 Å². The highest BCUT2D eigenvalue weighted by Gasteiger charge is 2.34. The standard InChI is InChI=1S/C16H22O4/c1-2-14-11-5-6-13(17)16(18)12(11)8-15(20-14)10-4-3-7-19-9-10/h5-6,10,14-15,17-18H,2-4,7-9H2,1H3. The normalized spacial score (nSPS) is 29.9. The minimum atomic E-state index is -0.0425. The van der Waals surface area contributed by atoms with Crippen LogP contribution >= 0.6 is 0 Å². The van der Waals surface area contributed by atoms with Crippen LogP contribution in [-0.4, -0.2) is 29.5 Å². The van der Waals surface area contributed by atoms with Gasteiger partial charge in [-0.3, -0.25) is 0 Å². The van der Waals surface area contributed by atoms with Gasteiger partial charge in [-0.15, -0.1) is 0 Å². The Kier molecular flexibility index (Phi) is 3.85. The van der Waals surface area contributed by atoms with Gasteiger partial charge in [0.15, 0.2) is 11.5 Å². The zero-order valence-corrected chi connectivity index (χ0v) is 11.8. The van der Waals surface area contributed by atoms with E-state index in [2.05, 4.69) is 6.92 Å². The smallest absolute Gasteiger partial charge is 0.161 e. The summed E-state index contributed by atoms with van der Waals surface area (Å²) in [5, 5.41) is 19.9. The lowest BCUT2D eigenvalue weighted by Gasteiger charge is -2.38. The molecule has 2 heterocycles. The summed E-state index contributed by atoms with van der Waals surface area (Å²) >= 11 is 0. The molecule has 20 heavy (non-hydrogen) atoms. The van der Waals surface area contributed by atoms with Crippen LogP contribution in [0.25, 0.3) is 0 Å². The van der Waals surface area contributed by atoms with E-state index in [1.165, 1.54) is 0 Å². The van der Waals surface area contributed by atoms with Crippen LogP contribution in [0.4, 0.5) is 0 Å². The number of rotatable bonds is 2. The lowest BCUT2D eigenvalue weighted by molar-refractivity contribution is -0.0905. The largest absolute Gasteiger partial charge is 0.504 e. The van der Waals surface area contributed by atoms with E-state index in [0.29, 0.717) is 12.3 Å². The third kappa shape index (κ3) is 2.38. The molecule has 3 unspecified atom stereocenters. The third-order valence-electron chi connectivity index (χ3n) is 4.48. The first kappa shape index (κ1) is 13.7. The Labute approximate surface area is 119 Å². The molecule has 0 radical (unpaired) electrons. The van der Waals surface area contributed by atoms with Crippen molar-refractivity contribution in [3.63, 3.8) is 0 Å². The summed E-state index contributed by atoms with van der Waals surface area (Å²) < 4.78 is 11.8. The van der Waals surface area contributed by atoms with Crippen molar-refractivity contribution in [3.05, 3.63) is 23.3 Å². The molecule has 0 aliphatic carbocycles. The second kappa shape index (κ2) is 5.62. The third-order valence-corrected chi connectivity index (χ3v) is 4.48. The number of benzene rings is 1. The molecule has 4 nitrogen and oxygen atoms in total. The van der Waals surface area contributed by atoms with Crippen LogP contribution in [0.5, 0.6) is 11.5 Å². The molecule has 2 N–H and O–H groups in total. The number of hydrogen-bond acceptors (Lipinski definition) is 4. The van der Waals surface area contributed by atoms with Gasteiger partial charge in [0.2, 0.25) is 0 Å². The maximum Gasteiger partial charge on any atom is 0.161 e. The highest BCUT2D eigenvalue weighted by molar-refractivity contribution is 5.50. The summed E-state index contributed by atoms with van der Waals surface area (Å²) in [6.07, 6.45) is 3.76. The number of fused-ring (bicyclic) bond motifs is 1. The second-order valence-electron chi connectivity index (χ2n) is 5.75. The number of ether oxygens (including phenoxy) is 2. The van der Waals surface area contributed by atoms with E-state index in [1.54, 1.807) is 6.07 Å². The summed E-state index contributed by atoms with van der Waals surface area (Å²) in [7, 11) is 0. The van der Waals surface area contributed by atoms with Crippen LogP contribution in [0.2, 0.25) is 0 Å². The molecule has 2 aliphatic rings. The molecule has 0 bridgehead atoms. The molecule has 0 aromatic heterocycles. The van der Waals surface area contributed by atoms with Crippen molar-refractivity contribution < 1.29 is 19.7 Å². The maximum atomic E-state index is 10.1. The highest BCUT2D eigenvalue weighted by atomic mass is 16.5. The van der Waals surface area contributed by atoms with Crippen molar-refractivity contribution in [1.29, 1.82) is 0 Å². The molecule has 0 spiro atoms. The van der Waals surface area contributed by atoms with Gasteiger partial charge in [0, 0.05) is 24.5 Å². The van der Waals surface area contributed by atoms with Crippen LogP contribution < -0.4 is 0 Å². The average Bonchev–Trinajstić information content (AvgIpc) is 2.51. The first-order chi connectivity index (χ1) is 9.70. The van der Waals surface area contributed by atoms with Crippen molar-refractivity contribution in [2.45, 2.75) is 44.8 Å².